The molecule has 0 aliphatic rings. The molecule has 0 aromatic rings. The lowest BCUT2D eigenvalue weighted by atomic mass is 10.0. The minimum Gasteiger partial charge on any atom is -0.480 e. The molecule has 0 spiro atoms. The number of unbranched alkanes of at least 4 members (excludes halogenated alkanes) is 1. The minimum atomic E-state index is -1.32. The van der Waals surface area contributed by atoms with Crippen molar-refractivity contribution in [2.75, 3.05) is 6.54 Å². The zero-order valence-electron chi connectivity index (χ0n) is 18.2. The van der Waals surface area contributed by atoms with Crippen LogP contribution in [0.2, 0.25) is 0 Å². The fraction of sp³-hybridized carbons (Fsp3) is 0.789. The summed E-state index contributed by atoms with van der Waals surface area (Å²) in [4.78, 5) is 48.6. The number of carboxylic acid groups (broad SMARTS) is 1. The van der Waals surface area contributed by atoms with Gasteiger partial charge in [0.05, 0.1) is 12.1 Å². The van der Waals surface area contributed by atoms with E-state index in [1.165, 1.54) is 13.8 Å². The lowest BCUT2D eigenvalue weighted by Gasteiger charge is -2.26. The highest BCUT2D eigenvalue weighted by Crippen LogP contribution is 2.08. The van der Waals surface area contributed by atoms with Crippen molar-refractivity contribution < 1.29 is 29.4 Å². The number of amides is 3. The van der Waals surface area contributed by atoms with Crippen molar-refractivity contribution in [2.24, 2.45) is 17.4 Å². The molecule has 0 rings (SSSR count). The summed E-state index contributed by atoms with van der Waals surface area (Å²) in [6.45, 7) is 6.80. The van der Waals surface area contributed by atoms with Gasteiger partial charge in [-0.05, 0) is 52.0 Å². The molecule has 174 valence electrons. The van der Waals surface area contributed by atoms with E-state index in [1.807, 2.05) is 13.8 Å². The van der Waals surface area contributed by atoms with Crippen LogP contribution in [0, 0.1) is 5.92 Å². The van der Waals surface area contributed by atoms with E-state index >= 15 is 0 Å². The van der Waals surface area contributed by atoms with Gasteiger partial charge in [0.25, 0.3) is 0 Å². The standard InChI is InChI=1S/C19H37N5O6/c1-10(2)9-14(19(29)30)23-17(27)13(7-5-6-8-20)22-18(28)15(12(4)25)24-16(26)11(3)21/h10-15,25H,5-9,20-21H2,1-4H3,(H,22,28)(H,23,27)(H,24,26)(H,29,30). The van der Waals surface area contributed by atoms with Gasteiger partial charge in [-0.15, -0.1) is 0 Å². The highest BCUT2D eigenvalue weighted by molar-refractivity contribution is 5.94. The Morgan fingerprint density at radius 1 is 0.867 bits per heavy atom. The molecule has 5 atom stereocenters. The minimum absolute atomic E-state index is 0.0322. The molecule has 3 amide bonds. The first-order valence-corrected chi connectivity index (χ1v) is 10.2. The molecule has 30 heavy (non-hydrogen) atoms. The van der Waals surface area contributed by atoms with Crippen molar-refractivity contribution in [3.05, 3.63) is 0 Å². The zero-order chi connectivity index (χ0) is 23.4. The zero-order valence-corrected chi connectivity index (χ0v) is 18.2. The van der Waals surface area contributed by atoms with Crippen LogP contribution in [0.25, 0.3) is 0 Å². The molecule has 5 unspecified atom stereocenters. The third-order valence-corrected chi connectivity index (χ3v) is 4.38. The van der Waals surface area contributed by atoms with Crippen LogP contribution >= 0.6 is 0 Å². The molecule has 0 fully saturated rings. The number of nitrogens with two attached hydrogens (primary N) is 2. The van der Waals surface area contributed by atoms with E-state index in [0.717, 1.165) is 0 Å². The molecular weight excluding hydrogens is 394 g/mol. The van der Waals surface area contributed by atoms with Gasteiger partial charge in [0.1, 0.15) is 18.1 Å². The van der Waals surface area contributed by atoms with Crippen LogP contribution in [0.1, 0.15) is 53.4 Å². The van der Waals surface area contributed by atoms with Gasteiger partial charge in [-0.1, -0.05) is 13.8 Å². The second-order valence-electron chi connectivity index (χ2n) is 7.89. The van der Waals surface area contributed by atoms with Crippen LogP contribution < -0.4 is 27.4 Å². The summed E-state index contributed by atoms with van der Waals surface area (Å²) >= 11 is 0. The Morgan fingerprint density at radius 2 is 1.43 bits per heavy atom. The number of hydrogen-bond acceptors (Lipinski definition) is 7. The summed E-state index contributed by atoms with van der Waals surface area (Å²) in [6.07, 6.45) is 0.326. The van der Waals surface area contributed by atoms with Gasteiger partial charge in [-0.3, -0.25) is 14.4 Å². The highest BCUT2D eigenvalue weighted by atomic mass is 16.4. The SMILES string of the molecule is CC(C)CC(NC(=O)C(CCCCN)NC(=O)C(NC(=O)C(C)N)C(C)O)C(=O)O. The molecule has 0 aliphatic heterocycles. The fourth-order valence-corrected chi connectivity index (χ4v) is 2.68. The molecule has 0 saturated heterocycles. The highest BCUT2D eigenvalue weighted by Gasteiger charge is 2.31. The normalized spacial score (nSPS) is 16.1. The smallest absolute Gasteiger partial charge is 0.326 e. The van der Waals surface area contributed by atoms with Gasteiger partial charge >= 0.3 is 5.97 Å². The first-order chi connectivity index (χ1) is 13.9. The van der Waals surface area contributed by atoms with Crippen LogP contribution in [0.15, 0.2) is 0 Å². The number of aliphatic carboxylic acids is 1. The average molecular weight is 432 g/mol. The maximum Gasteiger partial charge on any atom is 0.326 e. The van der Waals surface area contributed by atoms with Crippen LogP contribution in [0.3, 0.4) is 0 Å². The Labute approximate surface area is 177 Å². The van der Waals surface area contributed by atoms with E-state index < -0.39 is 54.0 Å². The lowest BCUT2D eigenvalue weighted by molar-refractivity contribution is -0.143. The second-order valence-corrected chi connectivity index (χ2v) is 7.89. The summed E-state index contributed by atoms with van der Waals surface area (Å²) in [5.74, 6) is -3.21. The molecule has 0 radical (unpaired) electrons. The first kappa shape index (κ1) is 27.8. The molecule has 11 nitrogen and oxygen atoms in total. The topological polar surface area (TPSA) is 197 Å². The number of carbonyl (C=O) groups excluding carboxylic acids is 3. The van der Waals surface area contributed by atoms with Crippen molar-refractivity contribution in [2.45, 2.75) is 83.6 Å². The number of carboxylic acids is 1. The van der Waals surface area contributed by atoms with Crippen molar-refractivity contribution in [1.82, 2.24) is 16.0 Å². The number of hydrogen-bond donors (Lipinski definition) is 7. The average Bonchev–Trinajstić information content (AvgIpc) is 2.63. The molecule has 11 heteroatoms. The third kappa shape index (κ3) is 10.5. The summed E-state index contributed by atoms with van der Waals surface area (Å²) in [6, 6.07) is -4.36. The summed E-state index contributed by atoms with van der Waals surface area (Å²) in [5.41, 5.74) is 11.0. The van der Waals surface area contributed by atoms with Gasteiger partial charge in [0.15, 0.2) is 0 Å². The van der Waals surface area contributed by atoms with E-state index in [-0.39, 0.29) is 18.8 Å². The molecule has 0 bridgehead atoms. The van der Waals surface area contributed by atoms with E-state index in [9.17, 15) is 29.4 Å². The Kier molecular flexibility index (Phi) is 12.8. The van der Waals surface area contributed by atoms with E-state index in [1.54, 1.807) is 0 Å². The van der Waals surface area contributed by atoms with Crippen molar-refractivity contribution in [3.63, 3.8) is 0 Å². The molecule has 9 N–H and O–H groups in total. The summed E-state index contributed by atoms with van der Waals surface area (Å²) in [7, 11) is 0. The van der Waals surface area contributed by atoms with Gasteiger partial charge in [-0.25, -0.2) is 4.79 Å². The van der Waals surface area contributed by atoms with E-state index in [0.29, 0.717) is 19.4 Å². The molecule has 0 saturated carbocycles. The Morgan fingerprint density at radius 3 is 1.87 bits per heavy atom. The van der Waals surface area contributed by atoms with Crippen LogP contribution in [-0.2, 0) is 19.2 Å². The molecule has 0 aromatic heterocycles. The van der Waals surface area contributed by atoms with Crippen molar-refractivity contribution in [1.29, 1.82) is 0 Å². The number of aliphatic hydroxyl groups excluding tert-OH is 1. The summed E-state index contributed by atoms with van der Waals surface area (Å²) in [5, 5.41) is 26.5. The molecular formula is C19H37N5O6. The first-order valence-electron chi connectivity index (χ1n) is 10.2. The number of aliphatic hydroxyl groups is 1. The quantitative estimate of drug-likeness (QED) is 0.160. The Balaban J connectivity index is 5.37. The number of carbonyl (C=O) groups is 4. The molecule has 0 aliphatic carbocycles. The largest absolute Gasteiger partial charge is 0.480 e. The van der Waals surface area contributed by atoms with Crippen LogP contribution in [0.5, 0.6) is 0 Å². The van der Waals surface area contributed by atoms with E-state index in [4.69, 9.17) is 11.5 Å². The predicted octanol–water partition coefficient (Wildman–Crippen LogP) is -1.57. The maximum absolute atomic E-state index is 12.7. The maximum atomic E-state index is 12.7. The Bertz CT molecular complexity index is 582. The number of rotatable bonds is 14. The van der Waals surface area contributed by atoms with Gasteiger partial charge in [0.2, 0.25) is 17.7 Å². The van der Waals surface area contributed by atoms with Gasteiger partial charge < -0.3 is 37.6 Å². The van der Waals surface area contributed by atoms with E-state index in [2.05, 4.69) is 16.0 Å². The van der Waals surface area contributed by atoms with Crippen molar-refractivity contribution >= 4 is 23.7 Å². The van der Waals surface area contributed by atoms with Gasteiger partial charge in [-0.2, -0.15) is 0 Å². The van der Waals surface area contributed by atoms with Gasteiger partial charge in [0, 0.05) is 0 Å². The van der Waals surface area contributed by atoms with Crippen molar-refractivity contribution in [3.8, 4) is 0 Å². The van der Waals surface area contributed by atoms with Crippen LogP contribution in [-0.4, -0.2) is 70.7 Å². The lowest BCUT2D eigenvalue weighted by Crippen LogP contribution is -2.59. The Hall–Kier alpha value is -2.24. The second kappa shape index (κ2) is 13.9. The monoisotopic (exact) mass is 431 g/mol. The third-order valence-electron chi connectivity index (χ3n) is 4.38. The molecule has 0 heterocycles. The summed E-state index contributed by atoms with van der Waals surface area (Å²) < 4.78 is 0. The molecule has 0 aromatic carbocycles. The fourth-order valence-electron chi connectivity index (χ4n) is 2.68. The van der Waals surface area contributed by atoms with Crippen LogP contribution in [0.4, 0.5) is 0 Å². The number of nitrogens with one attached hydrogen (secondary N) is 3. The predicted molar refractivity (Wildman–Crippen MR) is 111 cm³/mol.